The van der Waals surface area contributed by atoms with Crippen molar-refractivity contribution in [3.05, 3.63) is 42.0 Å². The minimum atomic E-state index is -0.365. The number of hydrogen-bond donors (Lipinski definition) is 1. The van der Waals surface area contributed by atoms with Crippen molar-refractivity contribution >= 4 is 28.9 Å². The number of anilines is 3. The van der Waals surface area contributed by atoms with Crippen molar-refractivity contribution in [3.63, 3.8) is 0 Å². The number of carbonyl (C=O) groups excluding carboxylic acids is 2. The van der Waals surface area contributed by atoms with Crippen molar-refractivity contribution in [1.29, 1.82) is 0 Å². The van der Waals surface area contributed by atoms with Gasteiger partial charge in [-0.25, -0.2) is 0 Å². The number of nitrogens with zero attached hydrogens (tertiary/aromatic N) is 1. The Kier molecular flexibility index (Phi) is 2.97. The monoisotopic (exact) mass is 310 g/mol. The standard InChI is InChI=1S/C17H14N2O4/c1-10-3-2-4-11(7-10)19-12-5-6-13-17(23-9-22-13)16(12)18-14(20)8-15(19)21/h2-7H,8-9H2,1H3,(H,18,20). The van der Waals surface area contributed by atoms with Gasteiger partial charge in [0.15, 0.2) is 11.5 Å². The number of benzene rings is 2. The fourth-order valence-corrected chi connectivity index (χ4v) is 2.85. The summed E-state index contributed by atoms with van der Waals surface area (Å²) in [4.78, 5) is 26.2. The van der Waals surface area contributed by atoms with Crippen LogP contribution in [0, 0.1) is 6.92 Å². The molecule has 0 unspecified atom stereocenters. The van der Waals surface area contributed by atoms with E-state index in [4.69, 9.17) is 9.47 Å². The number of amides is 2. The molecule has 2 aromatic carbocycles. The van der Waals surface area contributed by atoms with E-state index in [0.29, 0.717) is 28.6 Å². The van der Waals surface area contributed by atoms with E-state index in [0.717, 1.165) is 5.56 Å². The van der Waals surface area contributed by atoms with E-state index in [1.54, 1.807) is 17.0 Å². The number of rotatable bonds is 1. The molecule has 116 valence electrons. The molecule has 2 aliphatic heterocycles. The first-order valence-electron chi connectivity index (χ1n) is 7.25. The van der Waals surface area contributed by atoms with Crippen LogP contribution in [-0.4, -0.2) is 18.6 Å². The molecular formula is C17H14N2O4. The van der Waals surface area contributed by atoms with Gasteiger partial charge in [-0.15, -0.1) is 0 Å². The molecule has 1 N–H and O–H groups in total. The molecule has 0 fully saturated rings. The Bertz CT molecular complexity index is 831. The molecular weight excluding hydrogens is 296 g/mol. The minimum Gasteiger partial charge on any atom is -0.454 e. The topological polar surface area (TPSA) is 67.9 Å². The van der Waals surface area contributed by atoms with Crippen LogP contribution in [0.1, 0.15) is 12.0 Å². The zero-order valence-corrected chi connectivity index (χ0v) is 12.5. The van der Waals surface area contributed by atoms with Gasteiger partial charge in [-0.2, -0.15) is 0 Å². The van der Waals surface area contributed by atoms with Gasteiger partial charge in [-0.05, 0) is 36.8 Å². The average molecular weight is 310 g/mol. The second-order valence-electron chi connectivity index (χ2n) is 5.49. The minimum absolute atomic E-state index is 0.0973. The third-order valence-electron chi connectivity index (χ3n) is 3.84. The molecule has 4 rings (SSSR count). The molecule has 0 spiro atoms. The molecule has 0 saturated carbocycles. The van der Waals surface area contributed by atoms with E-state index in [2.05, 4.69) is 5.32 Å². The Morgan fingerprint density at radius 3 is 2.83 bits per heavy atom. The maximum atomic E-state index is 12.6. The summed E-state index contributed by atoms with van der Waals surface area (Å²) < 4.78 is 10.8. The van der Waals surface area contributed by atoms with Gasteiger partial charge in [0.2, 0.25) is 18.6 Å². The van der Waals surface area contributed by atoms with E-state index < -0.39 is 0 Å². The summed E-state index contributed by atoms with van der Waals surface area (Å²) in [6, 6.07) is 11.1. The predicted octanol–water partition coefficient (Wildman–Crippen LogP) is 2.73. The summed E-state index contributed by atoms with van der Waals surface area (Å²) in [5.74, 6) is 0.367. The number of aryl methyl sites for hydroxylation is 1. The fourth-order valence-electron chi connectivity index (χ4n) is 2.85. The van der Waals surface area contributed by atoms with E-state index in [1.165, 1.54) is 0 Å². The van der Waals surface area contributed by atoms with Crippen LogP contribution in [0.5, 0.6) is 11.5 Å². The Morgan fingerprint density at radius 2 is 2.00 bits per heavy atom. The number of hydrogen-bond acceptors (Lipinski definition) is 4. The van der Waals surface area contributed by atoms with E-state index >= 15 is 0 Å². The Hall–Kier alpha value is -3.02. The smallest absolute Gasteiger partial charge is 0.241 e. The van der Waals surface area contributed by atoms with Crippen LogP contribution in [0.25, 0.3) is 0 Å². The molecule has 23 heavy (non-hydrogen) atoms. The number of nitrogens with one attached hydrogen (secondary N) is 1. The second-order valence-corrected chi connectivity index (χ2v) is 5.49. The molecule has 6 heteroatoms. The van der Waals surface area contributed by atoms with Gasteiger partial charge in [0, 0.05) is 5.69 Å². The summed E-state index contributed by atoms with van der Waals surface area (Å²) in [7, 11) is 0. The maximum Gasteiger partial charge on any atom is 0.241 e. The van der Waals surface area contributed by atoms with Crippen LogP contribution >= 0.6 is 0 Å². The third kappa shape index (κ3) is 2.19. The van der Waals surface area contributed by atoms with Gasteiger partial charge < -0.3 is 14.8 Å². The van der Waals surface area contributed by atoms with Crippen LogP contribution < -0.4 is 19.7 Å². The number of carbonyl (C=O) groups is 2. The highest BCUT2D eigenvalue weighted by Gasteiger charge is 2.32. The highest BCUT2D eigenvalue weighted by molar-refractivity contribution is 6.18. The molecule has 0 saturated heterocycles. The molecule has 6 nitrogen and oxygen atoms in total. The number of ether oxygens (including phenoxy) is 2. The Balaban J connectivity index is 1.93. The van der Waals surface area contributed by atoms with Crippen molar-refractivity contribution in [3.8, 4) is 11.5 Å². The van der Waals surface area contributed by atoms with Crippen LogP contribution in [0.15, 0.2) is 36.4 Å². The van der Waals surface area contributed by atoms with E-state index in [-0.39, 0.29) is 25.0 Å². The zero-order valence-electron chi connectivity index (χ0n) is 12.5. The van der Waals surface area contributed by atoms with Crippen molar-refractivity contribution in [1.82, 2.24) is 0 Å². The van der Waals surface area contributed by atoms with Gasteiger partial charge in [0.25, 0.3) is 0 Å². The highest BCUT2D eigenvalue weighted by Crippen LogP contribution is 2.47. The number of fused-ring (bicyclic) bond motifs is 3. The average Bonchev–Trinajstić information content (AvgIpc) is 2.93. The van der Waals surface area contributed by atoms with Crippen molar-refractivity contribution in [2.45, 2.75) is 13.3 Å². The van der Waals surface area contributed by atoms with Gasteiger partial charge in [-0.3, -0.25) is 14.5 Å². The lowest BCUT2D eigenvalue weighted by Crippen LogP contribution is -2.26. The van der Waals surface area contributed by atoms with Crippen molar-refractivity contribution in [2.24, 2.45) is 0 Å². The lowest BCUT2D eigenvalue weighted by Gasteiger charge is -2.23. The molecule has 2 aromatic rings. The SMILES string of the molecule is Cc1cccc(N2C(=O)CC(=O)Nc3c2ccc2c3OCO2)c1. The molecule has 0 bridgehead atoms. The molecule has 2 heterocycles. The van der Waals surface area contributed by atoms with Gasteiger partial charge >= 0.3 is 0 Å². The second kappa shape index (κ2) is 5.01. The maximum absolute atomic E-state index is 12.6. The van der Waals surface area contributed by atoms with Crippen LogP contribution in [-0.2, 0) is 9.59 Å². The molecule has 0 aromatic heterocycles. The summed E-state index contributed by atoms with van der Waals surface area (Å²) >= 11 is 0. The van der Waals surface area contributed by atoms with Crippen LogP contribution in [0.2, 0.25) is 0 Å². The first kappa shape index (κ1) is 13.6. The quantitative estimate of drug-likeness (QED) is 0.822. The lowest BCUT2D eigenvalue weighted by atomic mass is 10.1. The fraction of sp³-hybridized carbons (Fsp3) is 0.176. The summed E-state index contributed by atoms with van der Waals surface area (Å²) in [6.45, 7) is 2.05. The summed E-state index contributed by atoms with van der Waals surface area (Å²) in [5.41, 5.74) is 2.79. The molecule has 0 aliphatic carbocycles. The molecule has 0 atom stereocenters. The Labute approximate surface area is 132 Å². The zero-order chi connectivity index (χ0) is 16.0. The third-order valence-corrected chi connectivity index (χ3v) is 3.84. The van der Waals surface area contributed by atoms with Crippen LogP contribution in [0.3, 0.4) is 0 Å². The van der Waals surface area contributed by atoms with Gasteiger partial charge in [-0.1, -0.05) is 12.1 Å². The summed E-state index contributed by atoms with van der Waals surface area (Å²) in [5, 5.41) is 2.76. The molecule has 2 aliphatic rings. The van der Waals surface area contributed by atoms with Crippen molar-refractivity contribution in [2.75, 3.05) is 17.0 Å². The van der Waals surface area contributed by atoms with E-state index in [9.17, 15) is 9.59 Å². The predicted molar refractivity (Wildman–Crippen MR) is 84.1 cm³/mol. The highest BCUT2D eigenvalue weighted by atomic mass is 16.7. The largest absolute Gasteiger partial charge is 0.454 e. The molecule has 2 amide bonds. The normalized spacial score (nSPS) is 16.0. The first-order chi connectivity index (χ1) is 11.1. The Morgan fingerprint density at radius 1 is 1.13 bits per heavy atom. The van der Waals surface area contributed by atoms with Crippen molar-refractivity contribution < 1.29 is 19.1 Å². The first-order valence-corrected chi connectivity index (χ1v) is 7.25. The molecule has 0 radical (unpaired) electrons. The lowest BCUT2D eigenvalue weighted by molar-refractivity contribution is -0.124. The summed E-state index contributed by atoms with van der Waals surface area (Å²) in [6.07, 6.45) is -0.224. The van der Waals surface area contributed by atoms with E-state index in [1.807, 2.05) is 31.2 Å². The van der Waals surface area contributed by atoms with Gasteiger partial charge in [0.1, 0.15) is 12.1 Å². The van der Waals surface area contributed by atoms with Gasteiger partial charge in [0.05, 0.1) is 5.69 Å². The van der Waals surface area contributed by atoms with Crippen LogP contribution in [0.4, 0.5) is 17.1 Å².